The maximum absolute atomic E-state index is 13.8. The summed E-state index contributed by atoms with van der Waals surface area (Å²) in [5.74, 6) is 1.54. The molecule has 8 nitrogen and oxygen atoms in total. The number of pyridine rings is 1. The van der Waals surface area contributed by atoms with Crippen molar-refractivity contribution in [1.82, 2.24) is 19.2 Å². The van der Waals surface area contributed by atoms with Crippen LogP contribution in [0.1, 0.15) is 12.8 Å². The summed E-state index contributed by atoms with van der Waals surface area (Å²) in [6, 6.07) is 8.64. The van der Waals surface area contributed by atoms with Crippen LogP contribution in [-0.4, -0.2) is 61.3 Å². The number of aromatic nitrogens is 2. The Morgan fingerprint density at radius 1 is 1.21 bits per heavy atom. The molecule has 1 fully saturated rings. The maximum Gasteiger partial charge on any atom is 0.320 e. The van der Waals surface area contributed by atoms with Crippen molar-refractivity contribution in [1.29, 1.82) is 0 Å². The predicted octanol–water partition coefficient (Wildman–Crippen LogP) is 4.56. The lowest BCUT2D eigenvalue weighted by atomic mass is 10.0. The van der Waals surface area contributed by atoms with Crippen molar-refractivity contribution in [2.75, 3.05) is 46.7 Å². The van der Waals surface area contributed by atoms with Crippen LogP contribution >= 0.6 is 12.3 Å². The number of hydrogen-bond donors (Lipinski definition) is 2. The van der Waals surface area contributed by atoms with Crippen LogP contribution in [0.25, 0.3) is 22.2 Å². The number of carbonyl (C=O) groups is 1. The molecule has 3 aromatic rings. The fourth-order valence-electron chi connectivity index (χ4n) is 4.18. The second-order valence-electron chi connectivity index (χ2n) is 8.59. The summed E-state index contributed by atoms with van der Waals surface area (Å²) >= 11 is 0.0354. The average Bonchev–Trinajstić information content (AvgIpc) is 3.47. The van der Waals surface area contributed by atoms with Gasteiger partial charge in [0.25, 0.3) is 0 Å². The molecule has 2 N–H and O–H groups in total. The first kappa shape index (κ1) is 23.2. The number of fused-ring (bicyclic) bond motifs is 1. The third-order valence-corrected chi connectivity index (χ3v) is 6.29. The Morgan fingerprint density at radius 3 is 2.48 bits per heavy atom. The molecule has 1 aromatic carbocycles. The summed E-state index contributed by atoms with van der Waals surface area (Å²) in [7, 11) is 7.22. The fraction of sp³-hybridized carbons (Fsp3) is 0.391. The van der Waals surface area contributed by atoms with Gasteiger partial charge in [-0.1, -0.05) is 6.07 Å². The second-order valence-corrected chi connectivity index (χ2v) is 9.12. The van der Waals surface area contributed by atoms with Crippen molar-refractivity contribution in [3.05, 3.63) is 36.5 Å². The summed E-state index contributed by atoms with van der Waals surface area (Å²) in [6.07, 6.45) is 3.85. The van der Waals surface area contributed by atoms with Gasteiger partial charge in [0.15, 0.2) is 18.0 Å². The lowest BCUT2D eigenvalue weighted by molar-refractivity contribution is 0.245. The van der Waals surface area contributed by atoms with Gasteiger partial charge in [-0.25, -0.2) is 13.8 Å². The first-order valence-corrected chi connectivity index (χ1v) is 11.3. The molecule has 10 heteroatoms. The van der Waals surface area contributed by atoms with Gasteiger partial charge >= 0.3 is 6.03 Å². The van der Waals surface area contributed by atoms with Gasteiger partial charge in [-0.05, 0) is 51.2 Å². The van der Waals surface area contributed by atoms with Gasteiger partial charge in [0.05, 0.1) is 19.8 Å². The van der Waals surface area contributed by atoms with E-state index in [4.69, 9.17) is 9.47 Å². The minimum atomic E-state index is -0.329. The molecule has 4 rings (SSSR count). The number of benzene rings is 1. The summed E-state index contributed by atoms with van der Waals surface area (Å²) in [6.45, 7) is 1.54. The number of urea groups is 1. The maximum atomic E-state index is 13.8. The monoisotopic (exact) mass is 473 g/mol. The molecule has 2 aromatic heterocycles. The Kier molecular flexibility index (Phi) is 6.66. The first-order valence-electron chi connectivity index (χ1n) is 10.6. The molecule has 1 aliphatic rings. The highest BCUT2D eigenvalue weighted by atomic mass is 32.2. The summed E-state index contributed by atoms with van der Waals surface area (Å²) in [5.41, 5.74) is 1.96. The zero-order chi connectivity index (χ0) is 23.6. The average molecular weight is 474 g/mol. The zero-order valence-electron chi connectivity index (χ0n) is 19.1. The highest BCUT2D eigenvalue weighted by Gasteiger charge is 2.43. The van der Waals surface area contributed by atoms with Gasteiger partial charge in [-0.15, -0.1) is 3.89 Å². The number of anilines is 1. The molecular formula is C23H28FN5O3S. The molecule has 0 aliphatic heterocycles. The Labute approximate surface area is 196 Å². The van der Waals surface area contributed by atoms with Gasteiger partial charge < -0.3 is 19.7 Å². The number of amides is 2. The highest BCUT2D eigenvalue weighted by Crippen LogP contribution is 2.45. The highest BCUT2D eigenvalue weighted by molar-refractivity contribution is 7.92. The molecule has 176 valence electrons. The lowest BCUT2D eigenvalue weighted by Gasteiger charge is -2.20. The molecule has 2 amide bonds. The van der Waals surface area contributed by atoms with Gasteiger partial charge in [0, 0.05) is 35.7 Å². The lowest BCUT2D eigenvalue weighted by Crippen LogP contribution is -2.37. The predicted molar refractivity (Wildman–Crippen MR) is 130 cm³/mol. The van der Waals surface area contributed by atoms with Crippen molar-refractivity contribution in [2.24, 2.45) is 5.41 Å². The summed E-state index contributed by atoms with van der Waals surface area (Å²) in [5, 5.41) is 6.41. The molecule has 33 heavy (non-hydrogen) atoms. The Balaban J connectivity index is 1.59. The second kappa shape index (κ2) is 9.48. The van der Waals surface area contributed by atoms with Gasteiger partial charge in [-0.2, -0.15) is 0 Å². The molecule has 0 bridgehead atoms. The van der Waals surface area contributed by atoms with Crippen molar-refractivity contribution in [3.8, 4) is 22.6 Å². The number of hydrogen-bond acceptors (Lipinski definition) is 6. The minimum Gasteiger partial charge on any atom is -0.496 e. The Hall–Kier alpha value is -2.98. The molecule has 1 saturated carbocycles. The van der Waals surface area contributed by atoms with E-state index in [0.717, 1.165) is 19.4 Å². The largest absolute Gasteiger partial charge is 0.496 e. The smallest absolute Gasteiger partial charge is 0.320 e. The summed E-state index contributed by atoms with van der Waals surface area (Å²) < 4.78 is 26.1. The number of rotatable bonds is 9. The molecule has 1 aliphatic carbocycles. The van der Waals surface area contributed by atoms with Gasteiger partial charge in [0.1, 0.15) is 17.3 Å². The third-order valence-electron chi connectivity index (χ3n) is 5.87. The van der Waals surface area contributed by atoms with Crippen LogP contribution in [0.5, 0.6) is 11.5 Å². The number of nitrogens with zero attached hydrogens (tertiary/aromatic N) is 3. The molecule has 0 radical (unpaired) electrons. The van der Waals surface area contributed by atoms with E-state index in [0.29, 0.717) is 46.0 Å². The van der Waals surface area contributed by atoms with E-state index >= 15 is 0 Å². The molecule has 2 heterocycles. The number of nitrogens with one attached hydrogen (secondary N) is 2. The van der Waals surface area contributed by atoms with Crippen molar-refractivity contribution in [3.63, 3.8) is 0 Å². The fourth-order valence-corrected chi connectivity index (χ4v) is 4.53. The number of methoxy groups -OCH3 is 2. The zero-order valence-corrected chi connectivity index (χ0v) is 20.0. The normalized spacial score (nSPS) is 14.4. The molecule has 0 spiro atoms. The number of ether oxygens (including phenoxy) is 2. The van der Waals surface area contributed by atoms with Crippen LogP contribution in [-0.2, 0) is 0 Å². The van der Waals surface area contributed by atoms with E-state index in [-0.39, 0.29) is 23.8 Å². The molecule has 0 atom stereocenters. The van der Waals surface area contributed by atoms with Crippen molar-refractivity contribution in [2.45, 2.75) is 12.8 Å². The van der Waals surface area contributed by atoms with Crippen LogP contribution in [0, 0.1) is 5.41 Å². The van der Waals surface area contributed by atoms with Crippen molar-refractivity contribution < 1.29 is 18.2 Å². The van der Waals surface area contributed by atoms with Crippen LogP contribution in [0.3, 0.4) is 0 Å². The van der Waals surface area contributed by atoms with E-state index in [1.54, 1.807) is 32.5 Å². The standard InChI is InChI=1S/C23H28FN5O3S/c1-28(2)14-23(10-11-23)13-25-22(30)27-19-9-8-15-16(12-29(33-24)21(15)26-19)20-17(31-3)6-5-7-18(20)32-4/h5-9,12H,10-11,13-14H2,1-4H3,(H2,25,26,27,30). The van der Waals surface area contributed by atoms with Crippen LogP contribution < -0.4 is 20.1 Å². The molecule has 0 saturated heterocycles. The van der Waals surface area contributed by atoms with E-state index in [1.165, 1.54) is 3.97 Å². The van der Waals surface area contributed by atoms with E-state index in [1.807, 2.05) is 32.3 Å². The number of halogens is 1. The Morgan fingerprint density at radius 2 is 1.91 bits per heavy atom. The SMILES string of the molecule is COc1cccc(OC)c1-c1cn(SF)c2nc(NC(=O)NCC3(CN(C)C)CC3)ccc12. The topological polar surface area (TPSA) is 80.6 Å². The quantitative estimate of drug-likeness (QED) is 0.474. The van der Waals surface area contributed by atoms with E-state index in [2.05, 4.69) is 20.5 Å². The third kappa shape index (κ3) is 4.86. The molecular weight excluding hydrogens is 445 g/mol. The Bertz CT molecular complexity index is 1140. The van der Waals surface area contributed by atoms with Gasteiger partial charge in [0.2, 0.25) is 0 Å². The number of carbonyl (C=O) groups excluding carboxylic acids is 1. The van der Waals surface area contributed by atoms with Crippen LogP contribution in [0.4, 0.5) is 14.5 Å². The van der Waals surface area contributed by atoms with Gasteiger partial charge in [-0.3, -0.25) is 5.32 Å². The van der Waals surface area contributed by atoms with Crippen molar-refractivity contribution >= 4 is 35.2 Å². The van der Waals surface area contributed by atoms with E-state index < -0.39 is 0 Å². The van der Waals surface area contributed by atoms with E-state index in [9.17, 15) is 8.68 Å². The summed E-state index contributed by atoms with van der Waals surface area (Å²) in [4.78, 5) is 19.1. The van der Waals surface area contributed by atoms with Crippen LogP contribution in [0.2, 0.25) is 0 Å². The van der Waals surface area contributed by atoms with Crippen LogP contribution in [0.15, 0.2) is 36.5 Å². The molecule has 0 unspecified atom stereocenters. The minimum absolute atomic E-state index is 0.0354. The first-order chi connectivity index (χ1) is 15.9.